The molecule has 4 nitrogen and oxygen atoms in total. The maximum Gasteiger partial charge on any atom is 0.255 e. The zero-order valence-electron chi connectivity index (χ0n) is 10.7. The van der Waals surface area contributed by atoms with Crippen molar-refractivity contribution in [3.63, 3.8) is 0 Å². The average Bonchev–Trinajstić information content (AvgIpc) is 2.90. The summed E-state index contributed by atoms with van der Waals surface area (Å²) in [5.74, 6) is 0.706. The third-order valence-electron chi connectivity index (χ3n) is 3.19. The maximum atomic E-state index is 12.3. The van der Waals surface area contributed by atoms with Crippen LogP contribution in [0.15, 0.2) is 40.9 Å². The second-order valence-corrected chi connectivity index (χ2v) is 5.47. The lowest BCUT2D eigenvalue weighted by Crippen LogP contribution is -2.12. The van der Waals surface area contributed by atoms with E-state index in [0.29, 0.717) is 23.5 Å². The van der Waals surface area contributed by atoms with Gasteiger partial charge in [0, 0.05) is 22.1 Å². The number of nitrogens with one attached hydrogen (secondary N) is 1. The molecule has 1 aliphatic rings. The molecule has 3 N–H and O–H groups in total. The summed E-state index contributed by atoms with van der Waals surface area (Å²) in [6.07, 6.45) is 0.846. The molecule has 1 amide bonds. The molecule has 0 atom stereocenters. The Balaban J connectivity index is 1.84. The van der Waals surface area contributed by atoms with Crippen LogP contribution in [0.25, 0.3) is 0 Å². The predicted octanol–water partition coefficient (Wildman–Crippen LogP) is 3.22. The van der Waals surface area contributed by atoms with Crippen LogP contribution in [0.1, 0.15) is 15.9 Å². The maximum absolute atomic E-state index is 12.3. The molecule has 102 valence electrons. The zero-order chi connectivity index (χ0) is 14.1. The van der Waals surface area contributed by atoms with Gasteiger partial charge in [0.1, 0.15) is 5.75 Å². The molecule has 0 fully saturated rings. The number of anilines is 2. The highest BCUT2D eigenvalue weighted by molar-refractivity contribution is 9.10. The highest BCUT2D eigenvalue weighted by Crippen LogP contribution is 2.28. The van der Waals surface area contributed by atoms with Crippen molar-refractivity contribution >= 4 is 33.2 Å². The molecule has 0 radical (unpaired) electrons. The van der Waals surface area contributed by atoms with E-state index >= 15 is 0 Å². The molecule has 3 rings (SSSR count). The zero-order valence-corrected chi connectivity index (χ0v) is 12.2. The third kappa shape index (κ3) is 2.49. The minimum Gasteiger partial charge on any atom is -0.493 e. The van der Waals surface area contributed by atoms with E-state index in [1.54, 1.807) is 18.2 Å². The van der Waals surface area contributed by atoms with Crippen LogP contribution in [0.2, 0.25) is 0 Å². The number of hydrogen-bond donors (Lipinski definition) is 2. The number of benzene rings is 2. The van der Waals surface area contributed by atoms with Gasteiger partial charge in [-0.05, 0) is 57.9 Å². The van der Waals surface area contributed by atoms with Crippen molar-refractivity contribution in [1.82, 2.24) is 0 Å². The largest absolute Gasteiger partial charge is 0.493 e. The molecule has 1 heterocycles. The lowest BCUT2D eigenvalue weighted by Gasteiger charge is -2.09. The average molecular weight is 333 g/mol. The fraction of sp³-hybridized carbons (Fsp3) is 0.133. The van der Waals surface area contributed by atoms with Crippen LogP contribution in [0.5, 0.6) is 5.75 Å². The van der Waals surface area contributed by atoms with E-state index < -0.39 is 0 Å². The first-order valence-corrected chi connectivity index (χ1v) is 7.05. The molecular weight excluding hydrogens is 320 g/mol. The van der Waals surface area contributed by atoms with E-state index in [4.69, 9.17) is 10.5 Å². The van der Waals surface area contributed by atoms with Crippen molar-refractivity contribution in [3.05, 3.63) is 52.0 Å². The number of nitrogens with two attached hydrogens (primary N) is 1. The first kappa shape index (κ1) is 13.0. The van der Waals surface area contributed by atoms with E-state index in [0.717, 1.165) is 22.2 Å². The lowest BCUT2D eigenvalue weighted by molar-refractivity contribution is 0.102. The number of nitrogen functional groups attached to an aromatic ring is 1. The van der Waals surface area contributed by atoms with Crippen molar-refractivity contribution < 1.29 is 9.53 Å². The van der Waals surface area contributed by atoms with Gasteiger partial charge in [0.2, 0.25) is 0 Å². The summed E-state index contributed by atoms with van der Waals surface area (Å²) >= 11 is 3.39. The van der Waals surface area contributed by atoms with Crippen LogP contribution in [-0.2, 0) is 6.42 Å². The van der Waals surface area contributed by atoms with E-state index in [9.17, 15) is 4.79 Å². The Hall–Kier alpha value is -2.01. The minimum absolute atomic E-state index is 0.161. The molecule has 0 saturated heterocycles. The van der Waals surface area contributed by atoms with Gasteiger partial charge in [-0.25, -0.2) is 0 Å². The summed E-state index contributed by atoms with van der Waals surface area (Å²) in [5.41, 5.74) is 8.68. The van der Waals surface area contributed by atoms with Crippen LogP contribution in [0.4, 0.5) is 11.4 Å². The van der Waals surface area contributed by atoms with Crippen LogP contribution in [-0.4, -0.2) is 12.5 Å². The number of fused-ring (bicyclic) bond motifs is 1. The molecule has 0 saturated carbocycles. The molecule has 0 spiro atoms. The Morgan fingerprint density at radius 3 is 2.95 bits per heavy atom. The summed E-state index contributed by atoms with van der Waals surface area (Å²) in [4.78, 5) is 12.3. The third-order valence-corrected chi connectivity index (χ3v) is 3.88. The molecule has 2 aromatic rings. The van der Waals surface area contributed by atoms with E-state index in [1.165, 1.54) is 0 Å². The van der Waals surface area contributed by atoms with Gasteiger partial charge in [0.15, 0.2) is 0 Å². The second-order valence-electron chi connectivity index (χ2n) is 4.61. The number of halogens is 1. The molecule has 0 bridgehead atoms. The van der Waals surface area contributed by atoms with Crippen molar-refractivity contribution in [2.24, 2.45) is 0 Å². The van der Waals surface area contributed by atoms with Gasteiger partial charge in [-0.15, -0.1) is 0 Å². The van der Waals surface area contributed by atoms with Crippen LogP contribution < -0.4 is 15.8 Å². The molecule has 5 heteroatoms. The molecule has 2 aromatic carbocycles. The van der Waals surface area contributed by atoms with Gasteiger partial charge < -0.3 is 15.8 Å². The van der Waals surface area contributed by atoms with Crippen molar-refractivity contribution in [2.75, 3.05) is 17.7 Å². The quantitative estimate of drug-likeness (QED) is 0.830. The number of carbonyl (C=O) groups is 1. The first-order chi connectivity index (χ1) is 9.63. The molecule has 20 heavy (non-hydrogen) atoms. The van der Waals surface area contributed by atoms with Gasteiger partial charge in [0.05, 0.1) is 12.3 Å². The number of carbonyl (C=O) groups excluding carboxylic acids is 1. The predicted molar refractivity (Wildman–Crippen MR) is 82.1 cm³/mol. The lowest BCUT2D eigenvalue weighted by atomic mass is 10.1. The normalized spacial score (nSPS) is 12.7. The number of ether oxygens (including phenoxy) is 1. The van der Waals surface area contributed by atoms with Gasteiger partial charge >= 0.3 is 0 Å². The fourth-order valence-corrected chi connectivity index (χ4v) is 2.51. The molecule has 0 aliphatic carbocycles. The Bertz CT molecular complexity index is 686. The Labute approximate surface area is 125 Å². The fourth-order valence-electron chi connectivity index (χ4n) is 2.16. The standard InChI is InChI=1S/C15H13BrN2O2/c16-12-3-2-11(17)8-13(12)18-15(19)10-1-4-14-9(7-10)5-6-20-14/h1-4,7-8H,5-6,17H2,(H,18,19). The first-order valence-electron chi connectivity index (χ1n) is 6.25. The monoisotopic (exact) mass is 332 g/mol. The van der Waals surface area contributed by atoms with E-state index in [-0.39, 0.29) is 5.91 Å². The van der Waals surface area contributed by atoms with Crippen LogP contribution in [0, 0.1) is 0 Å². The van der Waals surface area contributed by atoms with E-state index in [1.807, 2.05) is 18.2 Å². The molecule has 0 aromatic heterocycles. The van der Waals surface area contributed by atoms with Gasteiger partial charge in [-0.3, -0.25) is 4.79 Å². The van der Waals surface area contributed by atoms with Crippen LogP contribution >= 0.6 is 15.9 Å². The summed E-state index contributed by atoms with van der Waals surface area (Å²) in [6, 6.07) is 10.8. The number of amides is 1. The second kappa shape index (κ2) is 5.17. The van der Waals surface area contributed by atoms with Gasteiger partial charge in [-0.2, -0.15) is 0 Å². The van der Waals surface area contributed by atoms with E-state index in [2.05, 4.69) is 21.2 Å². The smallest absolute Gasteiger partial charge is 0.255 e. The Kier molecular flexibility index (Phi) is 3.36. The van der Waals surface area contributed by atoms with Crippen molar-refractivity contribution in [3.8, 4) is 5.75 Å². The number of hydrogen-bond acceptors (Lipinski definition) is 3. The Morgan fingerprint density at radius 2 is 2.10 bits per heavy atom. The summed E-state index contributed by atoms with van der Waals surface area (Å²) in [7, 11) is 0. The summed E-state index contributed by atoms with van der Waals surface area (Å²) in [5, 5.41) is 2.85. The van der Waals surface area contributed by atoms with Gasteiger partial charge in [0.25, 0.3) is 5.91 Å². The van der Waals surface area contributed by atoms with Crippen molar-refractivity contribution in [2.45, 2.75) is 6.42 Å². The Morgan fingerprint density at radius 1 is 1.25 bits per heavy atom. The highest BCUT2D eigenvalue weighted by atomic mass is 79.9. The highest BCUT2D eigenvalue weighted by Gasteiger charge is 2.15. The summed E-state index contributed by atoms with van der Waals surface area (Å²) in [6.45, 7) is 0.682. The topological polar surface area (TPSA) is 64.3 Å². The van der Waals surface area contributed by atoms with Gasteiger partial charge in [-0.1, -0.05) is 0 Å². The number of rotatable bonds is 2. The minimum atomic E-state index is -0.161. The summed E-state index contributed by atoms with van der Waals surface area (Å²) < 4.78 is 6.23. The molecular formula is C15H13BrN2O2. The SMILES string of the molecule is Nc1ccc(Br)c(NC(=O)c2ccc3c(c2)CCO3)c1. The molecule has 1 aliphatic heterocycles. The van der Waals surface area contributed by atoms with Crippen molar-refractivity contribution in [1.29, 1.82) is 0 Å². The van der Waals surface area contributed by atoms with Crippen LogP contribution in [0.3, 0.4) is 0 Å². The molecule has 0 unspecified atom stereocenters.